The van der Waals surface area contributed by atoms with Crippen LogP contribution in [-0.4, -0.2) is 31.2 Å². The van der Waals surface area contributed by atoms with Gasteiger partial charge < -0.3 is 10.1 Å². The van der Waals surface area contributed by atoms with Gasteiger partial charge in [-0.25, -0.2) is 0 Å². The molecule has 0 aliphatic heterocycles. The molecule has 106 valence electrons. The Balaban J connectivity index is 0. The number of aliphatic imine (C=N–C) groups is 1. The van der Waals surface area contributed by atoms with Crippen LogP contribution in [0.5, 0.6) is 0 Å². The second kappa shape index (κ2) is 13.1. The van der Waals surface area contributed by atoms with E-state index in [2.05, 4.69) is 11.9 Å². The van der Waals surface area contributed by atoms with Crippen LogP contribution in [0.25, 0.3) is 0 Å². The predicted molar refractivity (Wildman–Crippen MR) is 71.2 cm³/mol. The average Bonchev–Trinajstić information content (AvgIpc) is 2.27. The second-order valence-corrected chi connectivity index (χ2v) is 5.68. The fourth-order valence-electron chi connectivity index (χ4n) is 1.33. The maximum Gasteiger partial charge on any atom is 1.00 e. The maximum absolute atomic E-state index is 11.2. The molecule has 5 nitrogen and oxygen atoms in total. The molecule has 0 aromatic rings. The zero-order valence-corrected chi connectivity index (χ0v) is 14.7. The molecule has 0 saturated heterocycles. The van der Waals surface area contributed by atoms with Crippen LogP contribution in [0.15, 0.2) is 17.1 Å². The normalized spacial score (nSPS) is 12.6. The topological polar surface area (TPSA) is 89.8 Å². The predicted octanol–water partition coefficient (Wildman–Crippen LogP) is -1.45. The van der Waals surface area contributed by atoms with Crippen molar-refractivity contribution in [1.82, 2.24) is 0 Å². The molecule has 7 heteroatoms. The van der Waals surface area contributed by atoms with Crippen molar-refractivity contribution in [2.45, 2.75) is 45.4 Å². The summed E-state index contributed by atoms with van der Waals surface area (Å²) in [5, 5.41) is 11.2. The molecule has 0 atom stereocenters. The van der Waals surface area contributed by atoms with Crippen molar-refractivity contribution in [2.24, 2.45) is 4.99 Å². The summed E-state index contributed by atoms with van der Waals surface area (Å²) in [6, 6.07) is 0. The minimum absolute atomic E-state index is 0. The van der Waals surface area contributed by atoms with Gasteiger partial charge in [0.1, 0.15) is 0 Å². The molecule has 0 aliphatic rings. The molecule has 0 aromatic heterocycles. The molecule has 0 spiro atoms. The van der Waals surface area contributed by atoms with Crippen LogP contribution in [0.4, 0.5) is 0 Å². The van der Waals surface area contributed by atoms with Crippen LogP contribution in [-0.2, 0) is 10.1 Å². The quantitative estimate of drug-likeness (QED) is 0.176. The molecule has 0 saturated carbocycles. The Morgan fingerprint density at radius 2 is 1.95 bits per heavy atom. The van der Waals surface area contributed by atoms with Crippen LogP contribution in [0, 0.1) is 0 Å². The summed E-state index contributed by atoms with van der Waals surface area (Å²) in [5.41, 5.74) is 0. The second-order valence-electron chi connectivity index (χ2n) is 4.11. The molecule has 1 N–H and O–H groups in total. The van der Waals surface area contributed by atoms with E-state index in [4.69, 9.17) is 4.55 Å². The third-order valence-corrected chi connectivity index (χ3v) is 3.12. The van der Waals surface area contributed by atoms with E-state index in [-0.39, 0.29) is 41.2 Å². The molecule has 0 rings (SSSR count). The standard InChI is InChI=1S/C12H23NO4S.Na/c1-2-3-4-5-6-9-12(14)13-10-7-8-11-18(15,16)17;/h6,9H,2-5,7-8,10-11H2,1H3,(H,13,14)(H,15,16,17);/q;+1/p-1/b9-6+;. The molecule has 0 amide bonds. The van der Waals surface area contributed by atoms with E-state index < -0.39 is 10.1 Å². The summed E-state index contributed by atoms with van der Waals surface area (Å²) in [5.74, 6) is -0.554. The Kier molecular flexibility index (Phi) is 14.8. The van der Waals surface area contributed by atoms with Gasteiger partial charge in [0.25, 0.3) is 10.1 Å². The van der Waals surface area contributed by atoms with Crippen LogP contribution < -0.4 is 34.7 Å². The van der Waals surface area contributed by atoms with Crippen molar-refractivity contribution in [1.29, 1.82) is 0 Å². The van der Waals surface area contributed by atoms with Crippen LogP contribution in [0.3, 0.4) is 0 Å². The van der Waals surface area contributed by atoms with Crippen molar-refractivity contribution in [3.8, 4) is 0 Å². The van der Waals surface area contributed by atoms with Gasteiger partial charge in [-0.1, -0.05) is 31.9 Å². The van der Waals surface area contributed by atoms with Gasteiger partial charge in [-0.3, -0.25) is 4.55 Å². The number of hydrogen-bond acceptors (Lipinski definition) is 4. The molecule has 0 bridgehead atoms. The summed E-state index contributed by atoms with van der Waals surface area (Å²) >= 11 is 0. The van der Waals surface area contributed by atoms with Gasteiger partial charge in [-0.05, 0) is 31.6 Å². The molecule has 0 radical (unpaired) electrons. The van der Waals surface area contributed by atoms with Crippen molar-refractivity contribution in [3.63, 3.8) is 0 Å². The Morgan fingerprint density at radius 1 is 1.26 bits per heavy atom. The minimum atomic E-state index is -3.89. The Labute approximate surface area is 138 Å². The first kappa shape index (κ1) is 21.4. The van der Waals surface area contributed by atoms with E-state index >= 15 is 0 Å². The zero-order chi connectivity index (χ0) is 13.9. The third-order valence-electron chi connectivity index (χ3n) is 2.31. The molecular formula is C12H22NNaO4S. The van der Waals surface area contributed by atoms with Crippen molar-refractivity contribution >= 4 is 16.0 Å². The van der Waals surface area contributed by atoms with Gasteiger partial charge in [0.05, 0.1) is 5.75 Å². The number of rotatable bonds is 10. The Morgan fingerprint density at radius 3 is 2.53 bits per heavy atom. The van der Waals surface area contributed by atoms with Crippen LogP contribution >= 0.6 is 0 Å². The van der Waals surface area contributed by atoms with Gasteiger partial charge >= 0.3 is 29.6 Å². The largest absolute Gasteiger partial charge is 1.00 e. The average molecular weight is 299 g/mol. The van der Waals surface area contributed by atoms with Gasteiger partial charge in [0.15, 0.2) is 0 Å². The first-order valence-corrected chi connectivity index (χ1v) is 7.90. The number of hydrogen-bond donors (Lipinski definition) is 1. The summed E-state index contributed by atoms with van der Waals surface area (Å²) in [4.78, 5) is 3.76. The SMILES string of the molecule is CCCCC/C=C/C([O-])=NCCCCS(=O)(=O)O.[Na+]. The van der Waals surface area contributed by atoms with Gasteiger partial charge in [0, 0.05) is 6.54 Å². The van der Waals surface area contributed by atoms with Gasteiger partial charge in [-0.15, -0.1) is 0 Å². The summed E-state index contributed by atoms with van der Waals surface area (Å²) in [6.45, 7) is 2.42. The Bertz CT molecular complexity index is 366. The van der Waals surface area contributed by atoms with E-state index in [1.807, 2.05) is 6.08 Å². The van der Waals surface area contributed by atoms with E-state index in [9.17, 15) is 13.5 Å². The molecule has 19 heavy (non-hydrogen) atoms. The number of nitrogens with zero attached hydrogens (tertiary/aromatic N) is 1. The molecule has 0 heterocycles. The molecule has 0 fully saturated rings. The fraction of sp³-hybridized carbons (Fsp3) is 0.750. The van der Waals surface area contributed by atoms with Crippen molar-refractivity contribution in [3.05, 3.63) is 12.2 Å². The summed E-state index contributed by atoms with van der Waals surface area (Å²) in [6.07, 6.45) is 8.35. The summed E-state index contributed by atoms with van der Waals surface area (Å²) < 4.78 is 29.3. The fourth-order valence-corrected chi connectivity index (χ4v) is 1.90. The smallest absolute Gasteiger partial charge is 0.859 e. The zero-order valence-electron chi connectivity index (χ0n) is 11.8. The number of unbranched alkanes of at least 4 members (excludes halogenated alkanes) is 4. The van der Waals surface area contributed by atoms with Crippen molar-refractivity contribution < 1.29 is 47.6 Å². The maximum atomic E-state index is 11.2. The first-order chi connectivity index (χ1) is 8.45. The third kappa shape index (κ3) is 18.1. The van der Waals surface area contributed by atoms with E-state index in [1.165, 1.54) is 6.08 Å². The van der Waals surface area contributed by atoms with Crippen LogP contribution in [0.2, 0.25) is 0 Å². The minimum Gasteiger partial charge on any atom is -0.859 e. The van der Waals surface area contributed by atoms with E-state index in [1.54, 1.807) is 0 Å². The van der Waals surface area contributed by atoms with Gasteiger partial charge in [-0.2, -0.15) is 8.42 Å². The van der Waals surface area contributed by atoms with Crippen LogP contribution in [0.1, 0.15) is 45.4 Å². The molecule has 0 aromatic carbocycles. The number of allylic oxidation sites excluding steroid dienone is 1. The first-order valence-electron chi connectivity index (χ1n) is 6.29. The molecular weight excluding hydrogens is 277 g/mol. The van der Waals surface area contributed by atoms with Gasteiger partial charge in [0.2, 0.25) is 0 Å². The summed E-state index contributed by atoms with van der Waals surface area (Å²) in [7, 11) is -3.89. The van der Waals surface area contributed by atoms with E-state index in [0.29, 0.717) is 19.4 Å². The molecule has 0 aliphatic carbocycles. The Hall–Kier alpha value is 0.120. The van der Waals surface area contributed by atoms with Crippen molar-refractivity contribution in [2.75, 3.05) is 12.3 Å². The molecule has 0 unspecified atom stereocenters. The monoisotopic (exact) mass is 299 g/mol. The van der Waals surface area contributed by atoms with E-state index in [0.717, 1.165) is 25.7 Å².